The number of sulfonamides is 1. The molecule has 0 radical (unpaired) electrons. The maximum absolute atomic E-state index is 11.8. The fraction of sp³-hybridized carbons (Fsp3) is 0.364. The van der Waals surface area contributed by atoms with Crippen molar-refractivity contribution in [1.29, 1.82) is 0 Å². The summed E-state index contributed by atoms with van der Waals surface area (Å²) in [5.74, 6) is -0.0347. The lowest BCUT2D eigenvalue weighted by Gasteiger charge is -2.07. The molecule has 0 heterocycles. The van der Waals surface area contributed by atoms with Crippen LogP contribution in [-0.4, -0.2) is 20.7 Å². The van der Waals surface area contributed by atoms with Crippen LogP contribution in [0.1, 0.15) is 18.9 Å². The average Bonchev–Trinajstić information content (AvgIpc) is 2.17. The van der Waals surface area contributed by atoms with Crippen molar-refractivity contribution < 1.29 is 13.2 Å². The molecule has 0 atom stereocenters. The maximum Gasteiger partial charge on any atom is 0.240 e. The summed E-state index contributed by atoms with van der Waals surface area (Å²) in [5.41, 5.74) is 0.692. The van der Waals surface area contributed by atoms with Crippen LogP contribution in [0.4, 0.5) is 0 Å². The van der Waals surface area contributed by atoms with Crippen molar-refractivity contribution in [2.75, 3.05) is 6.54 Å². The van der Waals surface area contributed by atoms with E-state index in [2.05, 4.69) is 4.72 Å². The topological polar surface area (TPSA) is 63.2 Å². The Morgan fingerprint density at radius 2 is 1.94 bits per heavy atom. The second-order valence-electron chi connectivity index (χ2n) is 3.62. The molecule has 1 rings (SSSR count). The monoisotopic (exact) mass is 241 g/mol. The van der Waals surface area contributed by atoms with Crippen LogP contribution in [0.25, 0.3) is 0 Å². The van der Waals surface area contributed by atoms with Crippen LogP contribution in [0.3, 0.4) is 0 Å². The predicted molar refractivity (Wildman–Crippen MR) is 61.7 cm³/mol. The lowest BCUT2D eigenvalue weighted by molar-refractivity contribution is -0.116. The van der Waals surface area contributed by atoms with Crippen LogP contribution >= 0.6 is 0 Å². The first kappa shape index (κ1) is 12.9. The molecular formula is C11H15NO3S. The molecule has 0 aliphatic carbocycles. The Balaban J connectivity index is 2.79. The van der Waals surface area contributed by atoms with Crippen LogP contribution in [-0.2, 0) is 14.8 Å². The molecule has 0 aliphatic heterocycles. The van der Waals surface area contributed by atoms with Gasteiger partial charge in [-0.15, -0.1) is 0 Å². The molecule has 88 valence electrons. The largest absolute Gasteiger partial charge is 0.300 e. The Labute approximate surface area is 95.7 Å². The van der Waals surface area contributed by atoms with Crippen molar-refractivity contribution >= 4 is 15.8 Å². The fourth-order valence-corrected chi connectivity index (χ4v) is 2.57. The van der Waals surface area contributed by atoms with Gasteiger partial charge in [0.2, 0.25) is 10.0 Å². The number of carbonyl (C=O) groups excluding carboxylic acids is 1. The van der Waals surface area contributed by atoms with Crippen LogP contribution in [0.2, 0.25) is 0 Å². The zero-order valence-corrected chi connectivity index (χ0v) is 10.2. The van der Waals surface area contributed by atoms with Gasteiger partial charge in [-0.25, -0.2) is 13.1 Å². The Bertz CT molecular complexity index is 480. The summed E-state index contributed by atoms with van der Waals surface area (Å²) in [5, 5.41) is 0. The first-order valence-electron chi connectivity index (χ1n) is 4.98. The normalized spacial score (nSPS) is 11.4. The van der Waals surface area contributed by atoms with E-state index in [1.54, 1.807) is 31.2 Å². The molecular weight excluding hydrogens is 226 g/mol. The van der Waals surface area contributed by atoms with Gasteiger partial charge in [-0.05, 0) is 25.5 Å². The molecule has 0 spiro atoms. The number of aryl methyl sites for hydroxylation is 1. The second-order valence-corrected chi connectivity index (χ2v) is 5.35. The lowest BCUT2D eigenvalue weighted by Crippen LogP contribution is -2.26. The van der Waals surface area contributed by atoms with Crippen LogP contribution in [0.15, 0.2) is 29.2 Å². The number of carbonyl (C=O) groups is 1. The molecule has 0 aromatic heterocycles. The van der Waals surface area contributed by atoms with Crippen molar-refractivity contribution in [2.24, 2.45) is 0 Å². The molecule has 0 fully saturated rings. The van der Waals surface area contributed by atoms with Crippen LogP contribution in [0.5, 0.6) is 0 Å². The summed E-state index contributed by atoms with van der Waals surface area (Å²) in [6.07, 6.45) is 0.213. The van der Waals surface area contributed by atoms with Crippen molar-refractivity contribution in [3.63, 3.8) is 0 Å². The van der Waals surface area contributed by atoms with Gasteiger partial charge in [0, 0.05) is 13.0 Å². The summed E-state index contributed by atoms with van der Waals surface area (Å²) < 4.78 is 26.0. The first-order chi connectivity index (χ1) is 7.43. The zero-order valence-electron chi connectivity index (χ0n) is 9.36. The minimum absolute atomic E-state index is 0.0347. The van der Waals surface area contributed by atoms with Crippen LogP contribution < -0.4 is 4.72 Å². The Hall–Kier alpha value is -1.20. The molecule has 0 saturated carbocycles. The number of rotatable bonds is 5. The third-order valence-corrected chi connectivity index (χ3v) is 3.77. The molecule has 0 bridgehead atoms. The quantitative estimate of drug-likeness (QED) is 0.844. The minimum Gasteiger partial charge on any atom is -0.300 e. The number of ketones is 1. The van der Waals surface area contributed by atoms with E-state index in [4.69, 9.17) is 0 Å². The number of benzene rings is 1. The highest BCUT2D eigenvalue weighted by molar-refractivity contribution is 7.89. The molecule has 5 heteroatoms. The second kappa shape index (κ2) is 5.23. The molecule has 1 N–H and O–H groups in total. The highest BCUT2D eigenvalue weighted by atomic mass is 32.2. The lowest BCUT2D eigenvalue weighted by atomic mass is 10.2. The number of nitrogens with one attached hydrogen (secondary N) is 1. The summed E-state index contributed by atoms with van der Waals surface area (Å²) in [6, 6.07) is 6.74. The number of hydrogen-bond donors (Lipinski definition) is 1. The molecule has 0 amide bonds. The first-order valence-corrected chi connectivity index (χ1v) is 6.46. The Morgan fingerprint density at radius 1 is 1.31 bits per heavy atom. The number of hydrogen-bond acceptors (Lipinski definition) is 3. The minimum atomic E-state index is -3.49. The van der Waals surface area contributed by atoms with Crippen molar-refractivity contribution in [3.05, 3.63) is 29.8 Å². The Morgan fingerprint density at radius 3 is 2.50 bits per heavy atom. The standard InChI is InChI=1S/C11H15NO3S/c1-9-5-3-4-6-11(9)16(14,15)12-8-7-10(2)13/h3-6,12H,7-8H2,1-2H3. The summed E-state index contributed by atoms with van der Waals surface area (Å²) >= 11 is 0. The predicted octanol–water partition coefficient (Wildman–Crippen LogP) is 1.25. The van der Waals surface area contributed by atoms with Crippen molar-refractivity contribution in [3.8, 4) is 0 Å². The number of Topliss-reactive ketones (excluding diaryl/α,β-unsaturated/α-hetero) is 1. The van der Waals surface area contributed by atoms with Gasteiger partial charge in [0.1, 0.15) is 5.78 Å². The molecule has 0 unspecified atom stereocenters. The van der Waals surface area contributed by atoms with E-state index in [-0.39, 0.29) is 23.6 Å². The maximum atomic E-state index is 11.8. The van der Waals surface area contributed by atoms with Gasteiger partial charge in [0.25, 0.3) is 0 Å². The zero-order chi connectivity index (χ0) is 12.2. The molecule has 0 saturated heterocycles. The van der Waals surface area contributed by atoms with Crippen molar-refractivity contribution in [1.82, 2.24) is 4.72 Å². The SMILES string of the molecule is CC(=O)CCNS(=O)(=O)c1ccccc1C. The smallest absolute Gasteiger partial charge is 0.240 e. The Kier molecular flexibility index (Phi) is 4.20. The fourth-order valence-electron chi connectivity index (χ4n) is 1.30. The average molecular weight is 241 g/mol. The van der Waals surface area contributed by atoms with Gasteiger partial charge >= 0.3 is 0 Å². The molecule has 4 nitrogen and oxygen atoms in total. The van der Waals surface area contributed by atoms with E-state index in [0.717, 1.165) is 0 Å². The van der Waals surface area contributed by atoms with E-state index in [1.807, 2.05) is 0 Å². The molecule has 1 aromatic rings. The summed E-state index contributed by atoms with van der Waals surface area (Å²) in [6.45, 7) is 3.31. The molecule has 0 aliphatic rings. The third-order valence-electron chi connectivity index (χ3n) is 2.15. The van der Waals surface area contributed by atoms with E-state index < -0.39 is 10.0 Å². The third kappa shape index (κ3) is 3.43. The van der Waals surface area contributed by atoms with Crippen molar-refractivity contribution in [2.45, 2.75) is 25.2 Å². The van der Waals surface area contributed by atoms with Gasteiger partial charge in [-0.2, -0.15) is 0 Å². The van der Waals surface area contributed by atoms with E-state index >= 15 is 0 Å². The van der Waals surface area contributed by atoms with Crippen LogP contribution in [0, 0.1) is 6.92 Å². The van der Waals surface area contributed by atoms with Gasteiger partial charge in [0.05, 0.1) is 4.90 Å². The van der Waals surface area contributed by atoms with Gasteiger partial charge in [0.15, 0.2) is 0 Å². The van der Waals surface area contributed by atoms with Gasteiger partial charge in [-0.3, -0.25) is 4.79 Å². The summed E-state index contributed by atoms with van der Waals surface area (Å²) in [7, 11) is -3.49. The van der Waals surface area contributed by atoms with E-state index in [1.165, 1.54) is 6.92 Å². The molecule has 16 heavy (non-hydrogen) atoms. The van der Waals surface area contributed by atoms with E-state index in [9.17, 15) is 13.2 Å². The van der Waals surface area contributed by atoms with E-state index in [0.29, 0.717) is 5.56 Å². The van der Waals surface area contributed by atoms with Gasteiger partial charge in [-0.1, -0.05) is 18.2 Å². The molecule has 1 aromatic carbocycles. The highest BCUT2D eigenvalue weighted by Gasteiger charge is 2.15. The van der Waals surface area contributed by atoms with Gasteiger partial charge < -0.3 is 0 Å². The highest BCUT2D eigenvalue weighted by Crippen LogP contribution is 2.13. The summed E-state index contributed by atoms with van der Waals surface area (Å²) in [4.78, 5) is 11.0.